The van der Waals surface area contributed by atoms with E-state index in [1.165, 1.54) is 14.2 Å². The first kappa shape index (κ1) is 21.0. The lowest BCUT2D eigenvalue weighted by molar-refractivity contribution is -0.149. The largest absolute Gasteiger partial charge is 0.493 e. The third kappa shape index (κ3) is 4.83. The molecule has 8 nitrogen and oxygen atoms in total. The van der Waals surface area contributed by atoms with Gasteiger partial charge in [0.25, 0.3) is 0 Å². The molecule has 2 N–H and O–H groups in total. The maximum absolute atomic E-state index is 12.8. The third-order valence-electron chi connectivity index (χ3n) is 4.63. The molecule has 0 unspecified atom stereocenters. The van der Waals surface area contributed by atoms with E-state index >= 15 is 0 Å². The Balaban J connectivity index is 1.70. The van der Waals surface area contributed by atoms with Gasteiger partial charge in [-0.05, 0) is 29.8 Å². The molecule has 0 bridgehead atoms. The molecule has 158 valence electrons. The van der Waals surface area contributed by atoms with E-state index in [1.54, 1.807) is 18.2 Å². The summed E-state index contributed by atoms with van der Waals surface area (Å²) >= 11 is 0. The number of benzene rings is 2. The Kier molecular flexibility index (Phi) is 6.79. The molecule has 1 aliphatic heterocycles. The number of para-hydroxylation sites is 1. The van der Waals surface area contributed by atoms with Gasteiger partial charge in [0.2, 0.25) is 0 Å². The lowest BCUT2D eigenvalue weighted by Crippen LogP contribution is -2.51. The summed E-state index contributed by atoms with van der Waals surface area (Å²) in [5, 5.41) is 5.30. The van der Waals surface area contributed by atoms with Crippen LogP contribution in [0.15, 0.2) is 60.8 Å². The summed E-state index contributed by atoms with van der Waals surface area (Å²) in [6.07, 6.45) is 0. The number of carbonyl (C=O) groups is 2. The lowest BCUT2D eigenvalue weighted by atomic mass is 9.89. The van der Waals surface area contributed by atoms with Crippen LogP contribution in [0, 0.1) is 5.92 Å². The molecule has 8 heteroatoms. The number of carbonyl (C=O) groups excluding carboxylic acids is 2. The van der Waals surface area contributed by atoms with Crippen molar-refractivity contribution in [2.24, 2.45) is 5.92 Å². The predicted octanol–water partition coefficient (Wildman–Crippen LogP) is 2.81. The van der Waals surface area contributed by atoms with Crippen LogP contribution in [-0.4, -0.2) is 39.4 Å². The van der Waals surface area contributed by atoms with Crippen molar-refractivity contribution >= 4 is 12.0 Å². The summed E-state index contributed by atoms with van der Waals surface area (Å²) in [6.45, 7) is 4.10. The van der Waals surface area contributed by atoms with Gasteiger partial charge in [0.15, 0.2) is 11.5 Å². The molecule has 0 radical (unpaired) electrons. The normalized spacial score (nSPS) is 18.1. The SMILES string of the molecule is C=C1NC(=O)N[C@H](c2ccc(OC)c(OC)c2)[C@H]1C(=O)OCCOc1ccccc1. The van der Waals surface area contributed by atoms with E-state index in [-0.39, 0.29) is 18.9 Å². The summed E-state index contributed by atoms with van der Waals surface area (Å²) < 4.78 is 21.5. The van der Waals surface area contributed by atoms with Crippen LogP contribution in [0.4, 0.5) is 4.79 Å². The molecule has 2 aromatic rings. The topological polar surface area (TPSA) is 95.1 Å². The van der Waals surface area contributed by atoms with Gasteiger partial charge in [0.1, 0.15) is 24.9 Å². The second kappa shape index (κ2) is 9.69. The van der Waals surface area contributed by atoms with Crippen molar-refractivity contribution in [2.45, 2.75) is 6.04 Å². The minimum Gasteiger partial charge on any atom is -0.493 e. The molecule has 0 spiro atoms. The second-order valence-electron chi connectivity index (χ2n) is 6.52. The Bertz CT molecular complexity index is 915. The number of hydrogen-bond donors (Lipinski definition) is 2. The van der Waals surface area contributed by atoms with Crippen LogP contribution in [0.3, 0.4) is 0 Å². The van der Waals surface area contributed by atoms with Crippen molar-refractivity contribution in [2.75, 3.05) is 27.4 Å². The molecular formula is C22H24N2O6. The Labute approximate surface area is 174 Å². The molecule has 3 rings (SSSR count). The average molecular weight is 412 g/mol. The van der Waals surface area contributed by atoms with Gasteiger partial charge in [-0.25, -0.2) is 4.79 Å². The monoisotopic (exact) mass is 412 g/mol. The fourth-order valence-electron chi connectivity index (χ4n) is 3.19. The first-order valence-electron chi connectivity index (χ1n) is 9.36. The molecule has 30 heavy (non-hydrogen) atoms. The zero-order valence-electron chi connectivity index (χ0n) is 16.8. The summed E-state index contributed by atoms with van der Waals surface area (Å²) in [7, 11) is 3.05. The van der Waals surface area contributed by atoms with Crippen molar-refractivity contribution in [3.05, 3.63) is 66.4 Å². The van der Waals surface area contributed by atoms with Crippen LogP contribution < -0.4 is 24.8 Å². The highest BCUT2D eigenvalue weighted by atomic mass is 16.6. The molecular weight excluding hydrogens is 388 g/mol. The zero-order chi connectivity index (χ0) is 21.5. The van der Waals surface area contributed by atoms with E-state index in [4.69, 9.17) is 18.9 Å². The number of hydrogen-bond acceptors (Lipinski definition) is 6. The van der Waals surface area contributed by atoms with Crippen LogP contribution >= 0.6 is 0 Å². The van der Waals surface area contributed by atoms with Gasteiger partial charge >= 0.3 is 12.0 Å². The summed E-state index contributed by atoms with van der Waals surface area (Å²) in [6, 6.07) is 13.3. The van der Waals surface area contributed by atoms with E-state index in [9.17, 15) is 9.59 Å². The first-order valence-corrected chi connectivity index (χ1v) is 9.36. The van der Waals surface area contributed by atoms with Gasteiger partial charge in [-0.15, -0.1) is 0 Å². The third-order valence-corrected chi connectivity index (χ3v) is 4.63. The highest BCUT2D eigenvalue weighted by Gasteiger charge is 2.39. The van der Waals surface area contributed by atoms with Crippen molar-refractivity contribution in [3.63, 3.8) is 0 Å². The minimum absolute atomic E-state index is 0.0596. The van der Waals surface area contributed by atoms with Gasteiger partial charge in [0, 0.05) is 5.70 Å². The molecule has 0 aliphatic carbocycles. The van der Waals surface area contributed by atoms with E-state index in [2.05, 4.69) is 17.2 Å². The molecule has 0 saturated carbocycles. The Morgan fingerprint density at radius 2 is 1.77 bits per heavy atom. The van der Waals surface area contributed by atoms with Crippen molar-refractivity contribution in [3.8, 4) is 17.2 Å². The molecule has 2 aromatic carbocycles. The summed E-state index contributed by atoms with van der Waals surface area (Å²) in [5.41, 5.74) is 0.915. The second-order valence-corrected chi connectivity index (χ2v) is 6.52. The number of amides is 2. The number of esters is 1. The molecule has 2 amide bonds. The lowest BCUT2D eigenvalue weighted by Gasteiger charge is -2.33. The number of rotatable bonds is 8. The maximum atomic E-state index is 12.8. The van der Waals surface area contributed by atoms with Crippen molar-refractivity contribution in [1.29, 1.82) is 0 Å². The fraction of sp³-hybridized carbons (Fsp3) is 0.273. The van der Waals surface area contributed by atoms with Crippen LogP contribution in [0.1, 0.15) is 11.6 Å². The molecule has 0 aromatic heterocycles. The standard InChI is InChI=1S/C22H24N2O6/c1-14-19(21(25)30-12-11-29-16-7-5-4-6-8-16)20(24-22(26)23-14)15-9-10-17(27-2)18(13-15)28-3/h4-10,13,19-20H,1,11-12H2,2-3H3,(H2,23,24,26)/t19-,20+/m0/s1. The van der Waals surface area contributed by atoms with Gasteiger partial charge in [0.05, 0.1) is 20.3 Å². The average Bonchev–Trinajstić information content (AvgIpc) is 2.76. The van der Waals surface area contributed by atoms with Crippen molar-refractivity contribution < 1.29 is 28.5 Å². The highest BCUT2D eigenvalue weighted by molar-refractivity contribution is 5.85. The minimum atomic E-state index is -0.822. The number of ether oxygens (including phenoxy) is 4. The zero-order valence-corrected chi connectivity index (χ0v) is 16.8. The summed E-state index contributed by atoms with van der Waals surface area (Å²) in [4.78, 5) is 24.8. The van der Waals surface area contributed by atoms with E-state index in [1.807, 2.05) is 30.3 Å². The maximum Gasteiger partial charge on any atom is 0.319 e. The first-order chi connectivity index (χ1) is 14.5. The number of urea groups is 1. The van der Waals surface area contributed by atoms with Crippen LogP contribution in [-0.2, 0) is 9.53 Å². The molecule has 1 heterocycles. The molecule has 2 atom stereocenters. The molecule has 1 saturated heterocycles. The smallest absolute Gasteiger partial charge is 0.319 e. The number of nitrogens with one attached hydrogen (secondary N) is 2. The Hall–Kier alpha value is -3.68. The van der Waals surface area contributed by atoms with Gasteiger partial charge in [-0.1, -0.05) is 30.8 Å². The van der Waals surface area contributed by atoms with Gasteiger partial charge in [-0.2, -0.15) is 0 Å². The van der Waals surface area contributed by atoms with Gasteiger partial charge < -0.3 is 29.6 Å². The Morgan fingerprint density at radius 1 is 1.03 bits per heavy atom. The summed E-state index contributed by atoms with van der Waals surface area (Å²) in [5.74, 6) is 0.364. The van der Waals surface area contributed by atoms with Crippen molar-refractivity contribution in [1.82, 2.24) is 10.6 Å². The quantitative estimate of drug-likeness (QED) is 0.511. The Morgan fingerprint density at radius 3 is 2.47 bits per heavy atom. The number of methoxy groups -OCH3 is 2. The highest BCUT2D eigenvalue weighted by Crippen LogP contribution is 2.35. The molecule has 1 aliphatic rings. The predicted molar refractivity (Wildman–Crippen MR) is 109 cm³/mol. The van der Waals surface area contributed by atoms with Crippen LogP contribution in [0.5, 0.6) is 17.2 Å². The van der Waals surface area contributed by atoms with Crippen LogP contribution in [0.2, 0.25) is 0 Å². The fourth-order valence-corrected chi connectivity index (χ4v) is 3.19. The molecule has 1 fully saturated rings. The van der Waals surface area contributed by atoms with E-state index in [0.717, 1.165) is 0 Å². The van der Waals surface area contributed by atoms with Gasteiger partial charge in [-0.3, -0.25) is 4.79 Å². The van der Waals surface area contributed by atoms with Crippen LogP contribution in [0.25, 0.3) is 0 Å². The van der Waals surface area contributed by atoms with E-state index < -0.39 is 24.0 Å². The van der Waals surface area contributed by atoms with E-state index in [0.29, 0.717) is 22.8 Å².